The number of hydrogen-bond acceptors (Lipinski definition) is 4. The Labute approximate surface area is 153 Å². The Bertz CT molecular complexity index is 807. The van der Waals surface area contributed by atoms with Crippen molar-refractivity contribution in [2.24, 2.45) is 0 Å². The maximum absolute atomic E-state index is 12.2. The molecule has 0 atom stereocenters. The summed E-state index contributed by atoms with van der Waals surface area (Å²) >= 11 is 0. The third-order valence-corrected chi connectivity index (χ3v) is 4.64. The number of carbonyl (C=O) groups is 1. The molecule has 2 aromatic rings. The smallest absolute Gasteiger partial charge is 0.312 e. The fourth-order valence-corrected chi connectivity index (χ4v) is 2.89. The number of aromatic nitrogens is 2. The molecule has 1 amide bonds. The van der Waals surface area contributed by atoms with Gasteiger partial charge in [0.2, 0.25) is 5.91 Å². The summed E-state index contributed by atoms with van der Waals surface area (Å²) in [6.07, 6.45) is 0.225. The van der Waals surface area contributed by atoms with Crippen LogP contribution in [-0.2, 0) is 16.8 Å². The number of aryl methyl sites for hydroxylation is 3. The second-order valence-electron chi connectivity index (χ2n) is 7.28. The lowest BCUT2D eigenvalue weighted by atomic mass is 9.84. The highest BCUT2D eigenvalue weighted by molar-refractivity contribution is 5.76. The zero-order valence-corrected chi connectivity index (χ0v) is 16.0. The monoisotopic (exact) mass is 358 g/mol. The van der Waals surface area contributed by atoms with Gasteiger partial charge in [-0.05, 0) is 26.3 Å². The number of rotatable bonds is 7. The highest BCUT2D eigenvalue weighted by Gasteiger charge is 2.23. The van der Waals surface area contributed by atoms with E-state index in [1.807, 2.05) is 6.92 Å². The summed E-state index contributed by atoms with van der Waals surface area (Å²) in [4.78, 5) is 22.8. The number of nitrogens with zero attached hydrogens (tertiary/aromatic N) is 3. The molecule has 0 aliphatic heterocycles. The summed E-state index contributed by atoms with van der Waals surface area (Å²) in [6.45, 7) is 10.3. The zero-order chi connectivity index (χ0) is 19.5. The van der Waals surface area contributed by atoms with Crippen molar-refractivity contribution in [3.8, 4) is 0 Å². The molecule has 140 valence electrons. The molecule has 1 N–H and O–H groups in total. The Morgan fingerprint density at radius 1 is 1.23 bits per heavy atom. The van der Waals surface area contributed by atoms with E-state index in [1.54, 1.807) is 13.8 Å². The molecule has 1 aromatic carbocycles. The molecule has 0 bridgehead atoms. The molecule has 1 aromatic heterocycles. The first-order valence-corrected chi connectivity index (χ1v) is 8.64. The third-order valence-electron chi connectivity index (χ3n) is 4.64. The molecule has 0 saturated heterocycles. The third kappa shape index (κ3) is 4.47. The van der Waals surface area contributed by atoms with E-state index >= 15 is 0 Å². The van der Waals surface area contributed by atoms with Crippen LogP contribution >= 0.6 is 0 Å². The van der Waals surface area contributed by atoms with Crippen molar-refractivity contribution in [2.75, 3.05) is 6.54 Å². The van der Waals surface area contributed by atoms with Crippen LogP contribution in [0.3, 0.4) is 0 Å². The Morgan fingerprint density at radius 3 is 2.38 bits per heavy atom. The SMILES string of the molecule is Cc1ccc(C(C)(C)CNC(=O)CCn2nc(C)c([N+](=O)[O-])c2C)cc1. The molecule has 0 radical (unpaired) electrons. The molecule has 7 nitrogen and oxygen atoms in total. The quantitative estimate of drug-likeness (QED) is 0.608. The largest absolute Gasteiger partial charge is 0.355 e. The molecule has 0 aliphatic carbocycles. The van der Waals surface area contributed by atoms with Crippen LogP contribution in [0.5, 0.6) is 0 Å². The topological polar surface area (TPSA) is 90.1 Å². The first kappa shape index (κ1) is 19.6. The minimum atomic E-state index is -0.432. The lowest BCUT2D eigenvalue weighted by molar-refractivity contribution is -0.386. The second-order valence-corrected chi connectivity index (χ2v) is 7.28. The van der Waals surface area contributed by atoms with Crippen LogP contribution in [0.2, 0.25) is 0 Å². The Kier molecular flexibility index (Phi) is 5.79. The van der Waals surface area contributed by atoms with E-state index in [1.165, 1.54) is 10.2 Å². The second kappa shape index (κ2) is 7.68. The molecular weight excluding hydrogens is 332 g/mol. The van der Waals surface area contributed by atoms with Crippen LogP contribution in [-0.4, -0.2) is 27.2 Å². The summed E-state index contributed by atoms with van der Waals surface area (Å²) in [7, 11) is 0. The highest BCUT2D eigenvalue weighted by atomic mass is 16.6. The molecule has 0 unspecified atom stereocenters. The maximum Gasteiger partial charge on any atom is 0.312 e. The normalized spacial score (nSPS) is 11.4. The standard InChI is InChI=1S/C19H26N4O3/c1-13-6-8-16(9-7-13)19(4,5)12-20-17(24)10-11-22-15(3)18(23(25)26)14(2)21-22/h6-9H,10-12H2,1-5H3,(H,20,24). The van der Waals surface area contributed by atoms with Crippen molar-refractivity contribution < 1.29 is 9.72 Å². The van der Waals surface area contributed by atoms with Crippen molar-refractivity contribution >= 4 is 11.6 Å². The Morgan fingerprint density at radius 2 is 1.85 bits per heavy atom. The van der Waals surface area contributed by atoms with Crippen LogP contribution in [0.1, 0.15) is 42.8 Å². The van der Waals surface area contributed by atoms with Crippen LogP contribution in [0.4, 0.5) is 5.69 Å². The summed E-state index contributed by atoms with van der Waals surface area (Å²) in [5.41, 5.74) is 3.05. The van der Waals surface area contributed by atoms with E-state index in [0.717, 1.165) is 5.56 Å². The van der Waals surface area contributed by atoms with E-state index in [0.29, 0.717) is 24.5 Å². The van der Waals surface area contributed by atoms with Crippen molar-refractivity contribution in [3.05, 3.63) is 56.9 Å². The van der Waals surface area contributed by atoms with Gasteiger partial charge in [-0.3, -0.25) is 19.6 Å². The van der Waals surface area contributed by atoms with Crippen LogP contribution < -0.4 is 5.32 Å². The predicted octanol–water partition coefficient (Wildman–Crippen LogP) is 3.20. The van der Waals surface area contributed by atoms with Crippen LogP contribution in [0.15, 0.2) is 24.3 Å². The van der Waals surface area contributed by atoms with Gasteiger partial charge in [0.05, 0.1) is 11.5 Å². The Balaban J connectivity index is 1.92. The average molecular weight is 358 g/mol. The number of carbonyl (C=O) groups excluding carboxylic acids is 1. The fraction of sp³-hybridized carbons (Fsp3) is 0.474. The summed E-state index contributed by atoms with van der Waals surface area (Å²) in [5.74, 6) is -0.0969. The molecule has 0 saturated carbocycles. The molecule has 1 heterocycles. The zero-order valence-electron chi connectivity index (χ0n) is 16.0. The van der Waals surface area contributed by atoms with E-state index in [9.17, 15) is 14.9 Å². The van der Waals surface area contributed by atoms with Gasteiger partial charge in [-0.2, -0.15) is 5.10 Å². The molecule has 2 rings (SSSR count). The van der Waals surface area contributed by atoms with E-state index in [4.69, 9.17) is 0 Å². The van der Waals surface area contributed by atoms with E-state index < -0.39 is 4.92 Å². The van der Waals surface area contributed by atoms with Gasteiger partial charge < -0.3 is 5.32 Å². The van der Waals surface area contributed by atoms with Gasteiger partial charge in [-0.1, -0.05) is 43.7 Å². The molecule has 0 spiro atoms. The number of nitro groups is 1. The highest BCUT2D eigenvalue weighted by Crippen LogP contribution is 2.23. The molecule has 26 heavy (non-hydrogen) atoms. The van der Waals surface area contributed by atoms with E-state index in [-0.39, 0.29) is 23.4 Å². The van der Waals surface area contributed by atoms with Crippen molar-refractivity contribution in [3.63, 3.8) is 0 Å². The Hall–Kier alpha value is -2.70. The van der Waals surface area contributed by atoms with Gasteiger partial charge in [0.1, 0.15) is 11.4 Å². The first-order chi connectivity index (χ1) is 12.1. The molecule has 0 aliphatic rings. The van der Waals surface area contributed by atoms with Crippen LogP contribution in [0, 0.1) is 30.9 Å². The van der Waals surface area contributed by atoms with Gasteiger partial charge >= 0.3 is 5.69 Å². The van der Waals surface area contributed by atoms with Gasteiger partial charge in [-0.25, -0.2) is 0 Å². The summed E-state index contributed by atoms with van der Waals surface area (Å²) in [5, 5.41) is 18.2. The summed E-state index contributed by atoms with van der Waals surface area (Å²) in [6, 6.07) is 8.29. The lowest BCUT2D eigenvalue weighted by Gasteiger charge is -2.26. The molecular formula is C19H26N4O3. The van der Waals surface area contributed by atoms with Gasteiger partial charge in [0.25, 0.3) is 0 Å². The minimum Gasteiger partial charge on any atom is -0.355 e. The van der Waals surface area contributed by atoms with Crippen LogP contribution in [0.25, 0.3) is 0 Å². The van der Waals surface area contributed by atoms with Gasteiger partial charge in [0, 0.05) is 18.4 Å². The predicted molar refractivity (Wildman–Crippen MR) is 100 cm³/mol. The fourth-order valence-electron chi connectivity index (χ4n) is 2.89. The number of nitrogens with one attached hydrogen (secondary N) is 1. The number of benzene rings is 1. The van der Waals surface area contributed by atoms with Crippen molar-refractivity contribution in [1.82, 2.24) is 15.1 Å². The molecule has 0 fully saturated rings. The number of hydrogen-bond donors (Lipinski definition) is 1. The van der Waals surface area contributed by atoms with Gasteiger partial charge in [0.15, 0.2) is 0 Å². The number of amides is 1. The van der Waals surface area contributed by atoms with E-state index in [2.05, 4.69) is 48.5 Å². The van der Waals surface area contributed by atoms with Crippen molar-refractivity contribution in [2.45, 2.75) is 53.0 Å². The maximum atomic E-state index is 12.2. The first-order valence-electron chi connectivity index (χ1n) is 8.64. The molecule has 7 heteroatoms. The van der Waals surface area contributed by atoms with Gasteiger partial charge in [-0.15, -0.1) is 0 Å². The minimum absolute atomic E-state index is 0.0194. The average Bonchev–Trinajstić information content (AvgIpc) is 2.85. The van der Waals surface area contributed by atoms with Crippen molar-refractivity contribution in [1.29, 1.82) is 0 Å². The lowest BCUT2D eigenvalue weighted by Crippen LogP contribution is -2.37. The summed E-state index contributed by atoms with van der Waals surface area (Å²) < 4.78 is 1.53.